The zero-order valence-corrected chi connectivity index (χ0v) is 12.5. The predicted octanol–water partition coefficient (Wildman–Crippen LogP) is 4.49. The molecule has 2 nitrogen and oxygen atoms in total. The van der Waals surface area contributed by atoms with Crippen molar-refractivity contribution < 1.29 is 0 Å². The number of nitrogens with one attached hydrogen (secondary N) is 1. The Kier molecular flexibility index (Phi) is 3.85. The quantitative estimate of drug-likeness (QED) is 0.846. The van der Waals surface area contributed by atoms with E-state index in [9.17, 15) is 5.26 Å². The van der Waals surface area contributed by atoms with Gasteiger partial charge in [-0.15, -0.1) is 0 Å². The van der Waals surface area contributed by atoms with Crippen molar-refractivity contribution in [3.63, 3.8) is 0 Å². The van der Waals surface area contributed by atoms with Crippen LogP contribution in [0.4, 0.5) is 5.69 Å². The highest BCUT2D eigenvalue weighted by Gasteiger charge is 2.32. The molecule has 1 aromatic rings. The Morgan fingerprint density at radius 3 is 2.68 bits per heavy atom. The molecule has 0 amide bonds. The van der Waals surface area contributed by atoms with Crippen LogP contribution in [0.2, 0.25) is 0 Å². The van der Waals surface area contributed by atoms with E-state index >= 15 is 0 Å². The monoisotopic (exact) mass is 256 g/mol. The van der Waals surface area contributed by atoms with Gasteiger partial charge in [0.2, 0.25) is 0 Å². The first-order valence-electron chi connectivity index (χ1n) is 7.17. The molecule has 0 bridgehead atoms. The van der Waals surface area contributed by atoms with Gasteiger partial charge in [0.05, 0.1) is 11.3 Å². The number of hydrogen-bond donors (Lipinski definition) is 1. The molecule has 0 aromatic heterocycles. The summed E-state index contributed by atoms with van der Waals surface area (Å²) in [5.41, 5.74) is 3.23. The summed E-state index contributed by atoms with van der Waals surface area (Å²) in [5.74, 6) is 0.747. The van der Waals surface area contributed by atoms with Gasteiger partial charge in [0.25, 0.3) is 0 Å². The molecule has 1 aliphatic rings. The van der Waals surface area contributed by atoms with E-state index in [0.29, 0.717) is 11.5 Å². The van der Waals surface area contributed by atoms with Crippen molar-refractivity contribution in [2.24, 2.45) is 11.3 Å². The average Bonchev–Trinajstić information content (AvgIpc) is 2.26. The van der Waals surface area contributed by atoms with E-state index in [1.165, 1.54) is 19.3 Å². The van der Waals surface area contributed by atoms with Gasteiger partial charge in [-0.3, -0.25) is 0 Å². The second kappa shape index (κ2) is 5.25. The molecule has 2 heteroatoms. The van der Waals surface area contributed by atoms with Crippen LogP contribution in [0.25, 0.3) is 0 Å². The standard InChI is InChI=1S/C17H24N2/c1-12-8-14(10-17(3,4)9-12)19-16-7-5-6-13(2)15(16)11-18/h5-7,12,14,19H,8-10H2,1-4H3. The minimum atomic E-state index is 0.395. The number of benzene rings is 1. The van der Waals surface area contributed by atoms with E-state index < -0.39 is 0 Å². The third kappa shape index (κ3) is 3.29. The first-order valence-corrected chi connectivity index (χ1v) is 7.17. The zero-order valence-electron chi connectivity index (χ0n) is 12.5. The van der Waals surface area contributed by atoms with E-state index in [0.717, 1.165) is 22.7 Å². The maximum absolute atomic E-state index is 9.29. The van der Waals surface area contributed by atoms with E-state index in [-0.39, 0.29) is 0 Å². The van der Waals surface area contributed by atoms with Gasteiger partial charge >= 0.3 is 0 Å². The molecule has 1 saturated carbocycles. The van der Waals surface area contributed by atoms with Crippen LogP contribution in [0, 0.1) is 29.6 Å². The maximum Gasteiger partial charge on any atom is 0.102 e. The van der Waals surface area contributed by atoms with Crippen LogP contribution in [0.5, 0.6) is 0 Å². The van der Waals surface area contributed by atoms with Crippen molar-refractivity contribution >= 4 is 5.69 Å². The van der Waals surface area contributed by atoms with Gasteiger partial charge in [-0.05, 0) is 49.1 Å². The molecule has 2 rings (SSSR count). The number of hydrogen-bond acceptors (Lipinski definition) is 2. The molecular weight excluding hydrogens is 232 g/mol. The van der Waals surface area contributed by atoms with Gasteiger partial charge in [0.15, 0.2) is 0 Å². The highest BCUT2D eigenvalue weighted by atomic mass is 14.9. The van der Waals surface area contributed by atoms with Crippen LogP contribution < -0.4 is 5.32 Å². The lowest BCUT2D eigenvalue weighted by Crippen LogP contribution is -2.35. The molecule has 1 aromatic carbocycles. The van der Waals surface area contributed by atoms with Crippen molar-refractivity contribution in [1.29, 1.82) is 5.26 Å². The number of nitriles is 1. The van der Waals surface area contributed by atoms with Crippen molar-refractivity contribution in [3.05, 3.63) is 29.3 Å². The predicted molar refractivity (Wildman–Crippen MR) is 80.1 cm³/mol. The molecule has 0 saturated heterocycles. The minimum absolute atomic E-state index is 0.395. The molecule has 0 heterocycles. The van der Waals surface area contributed by atoms with Gasteiger partial charge in [-0.25, -0.2) is 0 Å². The highest BCUT2D eigenvalue weighted by Crippen LogP contribution is 2.39. The normalized spacial score (nSPS) is 25.6. The van der Waals surface area contributed by atoms with Crippen LogP contribution in [0.3, 0.4) is 0 Å². The molecule has 0 spiro atoms. The van der Waals surface area contributed by atoms with Crippen LogP contribution in [-0.4, -0.2) is 6.04 Å². The van der Waals surface area contributed by atoms with Crippen molar-refractivity contribution in [2.45, 2.75) is 53.0 Å². The van der Waals surface area contributed by atoms with E-state index in [1.54, 1.807) is 0 Å². The van der Waals surface area contributed by atoms with Crippen LogP contribution >= 0.6 is 0 Å². The van der Waals surface area contributed by atoms with Crippen molar-refractivity contribution in [2.75, 3.05) is 5.32 Å². The molecule has 0 radical (unpaired) electrons. The Balaban J connectivity index is 2.18. The topological polar surface area (TPSA) is 35.8 Å². The molecule has 102 valence electrons. The van der Waals surface area contributed by atoms with Crippen LogP contribution in [0.15, 0.2) is 18.2 Å². The summed E-state index contributed by atoms with van der Waals surface area (Å²) in [4.78, 5) is 0. The summed E-state index contributed by atoms with van der Waals surface area (Å²) >= 11 is 0. The molecule has 1 N–H and O–H groups in total. The van der Waals surface area contributed by atoms with Gasteiger partial charge in [-0.2, -0.15) is 5.26 Å². The summed E-state index contributed by atoms with van der Waals surface area (Å²) < 4.78 is 0. The number of rotatable bonds is 2. The van der Waals surface area contributed by atoms with Gasteiger partial charge in [-0.1, -0.05) is 32.9 Å². The summed E-state index contributed by atoms with van der Waals surface area (Å²) in [6.45, 7) is 9.02. The third-order valence-corrected chi connectivity index (χ3v) is 4.13. The van der Waals surface area contributed by atoms with E-state index in [4.69, 9.17) is 0 Å². The Morgan fingerprint density at radius 1 is 1.32 bits per heavy atom. The maximum atomic E-state index is 9.29. The largest absolute Gasteiger partial charge is 0.381 e. The third-order valence-electron chi connectivity index (χ3n) is 4.13. The number of nitrogens with zero attached hydrogens (tertiary/aromatic N) is 1. The highest BCUT2D eigenvalue weighted by molar-refractivity contribution is 5.61. The molecule has 2 unspecified atom stereocenters. The minimum Gasteiger partial charge on any atom is -0.381 e. The second-order valence-corrected chi connectivity index (χ2v) is 6.86. The van der Waals surface area contributed by atoms with Gasteiger partial charge in [0.1, 0.15) is 6.07 Å². The Bertz CT molecular complexity index is 496. The number of anilines is 1. The fourth-order valence-corrected chi connectivity index (χ4v) is 3.61. The Hall–Kier alpha value is -1.49. The summed E-state index contributed by atoms with van der Waals surface area (Å²) in [6.07, 6.45) is 3.67. The number of aryl methyl sites for hydroxylation is 1. The van der Waals surface area contributed by atoms with E-state index in [1.807, 2.05) is 25.1 Å². The lowest BCUT2D eigenvalue weighted by atomic mass is 9.70. The Morgan fingerprint density at radius 2 is 2.05 bits per heavy atom. The lowest BCUT2D eigenvalue weighted by molar-refractivity contribution is 0.178. The van der Waals surface area contributed by atoms with Crippen molar-refractivity contribution in [1.82, 2.24) is 0 Å². The molecule has 1 fully saturated rings. The van der Waals surface area contributed by atoms with Crippen LogP contribution in [-0.2, 0) is 0 Å². The first-order chi connectivity index (χ1) is 8.91. The fraction of sp³-hybridized carbons (Fsp3) is 0.588. The lowest BCUT2D eigenvalue weighted by Gasteiger charge is -2.39. The first kappa shape index (κ1) is 13.9. The SMILES string of the molecule is Cc1cccc(NC2CC(C)CC(C)(C)C2)c1C#N. The second-order valence-electron chi connectivity index (χ2n) is 6.86. The van der Waals surface area contributed by atoms with Gasteiger partial charge < -0.3 is 5.32 Å². The fourth-order valence-electron chi connectivity index (χ4n) is 3.61. The van der Waals surface area contributed by atoms with E-state index in [2.05, 4.69) is 32.2 Å². The molecular formula is C17H24N2. The van der Waals surface area contributed by atoms with Crippen molar-refractivity contribution in [3.8, 4) is 6.07 Å². The Labute approximate surface area is 116 Å². The van der Waals surface area contributed by atoms with Gasteiger partial charge in [0, 0.05) is 6.04 Å². The molecule has 19 heavy (non-hydrogen) atoms. The van der Waals surface area contributed by atoms with Crippen LogP contribution in [0.1, 0.15) is 51.2 Å². The summed E-state index contributed by atoms with van der Waals surface area (Å²) in [5, 5.41) is 12.9. The average molecular weight is 256 g/mol. The molecule has 0 aliphatic heterocycles. The smallest absolute Gasteiger partial charge is 0.102 e. The summed E-state index contributed by atoms with van der Waals surface area (Å²) in [7, 11) is 0. The molecule has 2 atom stereocenters. The zero-order chi connectivity index (χ0) is 14.0. The summed E-state index contributed by atoms with van der Waals surface area (Å²) in [6, 6.07) is 8.85. The molecule has 1 aliphatic carbocycles.